The second-order valence-electron chi connectivity index (χ2n) is 4.80. The van der Waals surface area contributed by atoms with E-state index in [-0.39, 0.29) is 29.9 Å². The summed E-state index contributed by atoms with van der Waals surface area (Å²) in [5, 5.41) is 16.9. The lowest BCUT2D eigenvalue weighted by molar-refractivity contribution is -0.132. The molecule has 1 aromatic rings. The molecule has 1 aromatic carbocycles. The molecule has 0 fully saturated rings. The molecule has 0 aliphatic heterocycles. The highest BCUT2D eigenvalue weighted by atomic mass is 16.5. The molecule has 1 rings (SSSR count). The molecule has 0 saturated carbocycles. The van der Waals surface area contributed by atoms with Crippen molar-refractivity contribution in [2.24, 2.45) is 0 Å². The van der Waals surface area contributed by atoms with Crippen LogP contribution < -0.4 is 0 Å². The maximum Gasteiger partial charge on any atom is 0.339 e. The second-order valence-corrected chi connectivity index (χ2v) is 4.80. The van der Waals surface area contributed by atoms with E-state index in [9.17, 15) is 14.4 Å². The van der Waals surface area contributed by atoms with Crippen molar-refractivity contribution in [2.75, 3.05) is 13.2 Å². The minimum absolute atomic E-state index is 0.115. The van der Waals surface area contributed by atoms with E-state index >= 15 is 0 Å². The van der Waals surface area contributed by atoms with E-state index in [0.29, 0.717) is 0 Å². The van der Waals surface area contributed by atoms with Crippen LogP contribution in [0.5, 0.6) is 0 Å². The average Bonchev–Trinajstić information content (AvgIpc) is 2.53. The number of carboxylic acids is 1. The van der Waals surface area contributed by atoms with Gasteiger partial charge in [-0.2, -0.15) is 0 Å². The summed E-state index contributed by atoms with van der Waals surface area (Å²) in [6.45, 7) is 7.91. The predicted octanol–water partition coefficient (Wildman–Crippen LogP) is 2.05. The van der Waals surface area contributed by atoms with E-state index < -0.39 is 24.0 Å². The van der Waals surface area contributed by atoms with Crippen LogP contribution in [0.3, 0.4) is 0 Å². The molecule has 0 aliphatic rings. The molecule has 1 atom stereocenters. The largest absolute Gasteiger partial charge is 0.478 e. The predicted molar refractivity (Wildman–Crippen MR) is 86.8 cm³/mol. The fourth-order valence-electron chi connectivity index (χ4n) is 1.32. The molecule has 0 bridgehead atoms. The summed E-state index contributed by atoms with van der Waals surface area (Å²) in [5.41, 5.74) is 0.474. The molecule has 0 saturated heterocycles. The maximum atomic E-state index is 11.7. The first-order valence-electron chi connectivity index (χ1n) is 7.20. The van der Waals surface area contributed by atoms with Gasteiger partial charge in [0.25, 0.3) is 0 Å². The van der Waals surface area contributed by atoms with Crippen molar-refractivity contribution in [3.63, 3.8) is 0 Å². The number of aliphatic hydroxyl groups is 1. The van der Waals surface area contributed by atoms with E-state index in [1.54, 1.807) is 19.1 Å². The van der Waals surface area contributed by atoms with Gasteiger partial charge in [-0.3, -0.25) is 0 Å². The number of benzene rings is 1. The maximum absolute atomic E-state index is 11.7. The van der Waals surface area contributed by atoms with E-state index in [1.807, 2.05) is 0 Å². The SMILES string of the molecule is C=C(C)C(=O)O.CCOC(=O)c1ccccc1C(=O)OCC(C)O. The Hall–Kier alpha value is -2.67. The van der Waals surface area contributed by atoms with Gasteiger partial charge in [0.1, 0.15) is 6.61 Å². The van der Waals surface area contributed by atoms with Crippen molar-refractivity contribution < 1.29 is 34.1 Å². The fourth-order valence-corrected chi connectivity index (χ4v) is 1.32. The van der Waals surface area contributed by atoms with Crippen LogP contribution in [-0.2, 0) is 14.3 Å². The Morgan fingerprint density at radius 1 is 1.12 bits per heavy atom. The van der Waals surface area contributed by atoms with Crippen LogP contribution in [0.2, 0.25) is 0 Å². The monoisotopic (exact) mass is 338 g/mol. The van der Waals surface area contributed by atoms with Crippen LogP contribution in [0.1, 0.15) is 41.5 Å². The summed E-state index contributed by atoms with van der Waals surface area (Å²) in [5.74, 6) is -2.16. The van der Waals surface area contributed by atoms with Gasteiger partial charge in [-0.05, 0) is 32.9 Å². The van der Waals surface area contributed by atoms with Gasteiger partial charge in [-0.1, -0.05) is 18.7 Å². The summed E-state index contributed by atoms with van der Waals surface area (Å²) < 4.78 is 9.71. The van der Waals surface area contributed by atoms with Crippen molar-refractivity contribution in [1.82, 2.24) is 0 Å². The number of hydrogen-bond donors (Lipinski definition) is 2. The summed E-state index contributed by atoms with van der Waals surface area (Å²) in [6, 6.07) is 6.24. The molecule has 1 unspecified atom stereocenters. The molecule has 2 N–H and O–H groups in total. The van der Waals surface area contributed by atoms with Crippen molar-refractivity contribution in [1.29, 1.82) is 0 Å². The summed E-state index contributed by atoms with van der Waals surface area (Å²) >= 11 is 0. The van der Waals surface area contributed by atoms with Gasteiger partial charge < -0.3 is 19.7 Å². The lowest BCUT2D eigenvalue weighted by Crippen LogP contribution is -2.18. The van der Waals surface area contributed by atoms with Crippen molar-refractivity contribution >= 4 is 17.9 Å². The quantitative estimate of drug-likeness (QED) is 0.603. The molecule has 0 heterocycles. The highest BCUT2D eigenvalue weighted by molar-refractivity contribution is 6.03. The van der Waals surface area contributed by atoms with Crippen molar-refractivity contribution in [3.8, 4) is 0 Å². The first-order chi connectivity index (χ1) is 11.2. The topological polar surface area (TPSA) is 110 Å². The standard InChI is InChI=1S/C13H16O5.C4H6O2/c1-3-17-12(15)10-6-4-5-7-11(10)13(16)18-8-9(2)14;1-3(2)4(5)6/h4-7,9,14H,3,8H2,1-2H3;1H2,2H3,(H,5,6). The minimum Gasteiger partial charge on any atom is -0.478 e. The molecular weight excluding hydrogens is 316 g/mol. The molecule has 0 amide bonds. The second kappa shape index (κ2) is 11.0. The molecule has 24 heavy (non-hydrogen) atoms. The Morgan fingerprint density at radius 3 is 1.88 bits per heavy atom. The third-order valence-electron chi connectivity index (χ3n) is 2.46. The van der Waals surface area contributed by atoms with Crippen LogP contribution in [0.25, 0.3) is 0 Å². The highest BCUT2D eigenvalue weighted by Gasteiger charge is 2.18. The number of carboxylic acid groups (broad SMARTS) is 1. The Labute approximate surface area is 140 Å². The molecule has 0 radical (unpaired) electrons. The van der Waals surface area contributed by atoms with Gasteiger partial charge in [0, 0.05) is 5.57 Å². The number of carbonyl (C=O) groups excluding carboxylic acids is 2. The normalized spacial score (nSPS) is 10.7. The van der Waals surface area contributed by atoms with Crippen molar-refractivity contribution in [2.45, 2.75) is 26.9 Å². The van der Waals surface area contributed by atoms with Gasteiger partial charge in [0.15, 0.2) is 0 Å². The van der Waals surface area contributed by atoms with E-state index in [1.165, 1.54) is 26.0 Å². The molecule has 0 aliphatic carbocycles. The van der Waals surface area contributed by atoms with Gasteiger partial charge in [0.05, 0.1) is 23.8 Å². The van der Waals surface area contributed by atoms with Gasteiger partial charge in [0.2, 0.25) is 0 Å². The number of rotatable bonds is 6. The fraction of sp³-hybridized carbons (Fsp3) is 0.353. The van der Waals surface area contributed by atoms with Gasteiger partial charge >= 0.3 is 17.9 Å². The molecule has 7 nitrogen and oxygen atoms in total. The van der Waals surface area contributed by atoms with Crippen LogP contribution in [0, 0.1) is 0 Å². The lowest BCUT2D eigenvalue weighted by atomic mass is 10.1. The summed E-state index contributed by atoms with van der Waals surface area (Å²) in [6.07, 6.45) is -0.747. The Kier molecular flexibility index (Phi) is 9.74. The Morgan fingerprint density at radius 2 is 1.54 bits per heavy atom. The minimum atomic E-state index is -0.935. The first kappa shape index (κ1) is 21.3. The number of aliphatic carboxylic acids is 1. The zero-order valence-electron chi connectivity index (χ0n) is 13.9. The highest BCUT2D eigenvalue weighted by Crippen LogP contribution is 2.12. The van der Waals surface area contributed by atoms with E-state index in [4.69, 9.17) is 19.7 Å². The molecule has 0 aromatic heterocycles. The van der Waals surface area contributed by atoms with E-state index in [0.717, 1.165) is 0 Å². The third-order valence-corrected chi connectivity index (χ3v) is 2.46. The van der Waals surface area contributed by atoms with Crippen LogP contribution in [-0.4, -0.2) is 47.4 Å². The van der Waals surface area contributed by atoms with Crippen LogP contribution >= 0.6 is 0 Å². The Bertz CT molecular complexity index is 578. The summed E-state index contributed by atoms with van der Waals surface area (Å²) in [7, 11) is 0. The van der Waals surface area contributed by atoms with Crippen molar-refractivity contribution in [3.05, 3.63) is 47.5 Å². The van der Waals surface area contributed by atoms with Gasteiger partial charge in [-0.25, -0.2) is 14.4 Å². The van der Waals surface area contributed by atoms with Gasteiger partial charge in [-0.15, -0.1) is 0 Å². The van der Waals surface area contributed by atoms with Crippen LogP contribution in [0.4, 0.5) is 0 Å². The smallest absolute Gasteiger partial charge is 0.339 e. The summed E-state index contributed by atoms with van der Waals surface area (Å²) in [4.78, 5) is 33.0. The number of aliphatic hydroxyl groups excluding tert-OH is 1. The molecule has 0 spiro atoms. The van der Waals surface area contributed by atoms with Crippen LogP contribution in [0.15, 0.2) is 36.4 Å². The zero-order chi connectivity index (χ0) is 18.7. The number of ether oxygens (including phenoxy) is 2. The number of hydrogen-bond acceptors (Lipinski definition) is 6. The Balaban J connectivity index is 0.000000754. The zero-order valence-corrected chi connectivity index (χ0v) is 13.9. The molecule has 132 valence electrons. The number of esters is 2. The molecular formula is C17H22O7. The molecule has 7 heteroatoms. The lowest BCUT2D eigenvalue weighted by Gasteiger charge is -2.09. The third kappa shape index (κ3) is 8.09. The average molecular weight is 338 g/mol. The van der Waals surface area contributed by atoms with E-state index in [2.05, 4.69) is 6.58 Å². The first-order valence-corrected chi connectivity index (χ1v) is 7.20. The number of carbonyl (C=O) groups is 3.